The van der Waals surface area contributed by atoms with E-state index in [9.17, 15) is 0 Å². The Bertz CT molecular complexity index is 729. The number of benzene rings is 1. The second-order valence-corrected chi connectivity index (χ2v) is 7.44. The summed E-state index contributed by atoms with van der Waals surface area (Å²) in [6.07, 6.45) is 4.49. The van der Waals surface area contributed by atoms with Crippen LogP contribution in [0.25, 0.3) is 0 Å². The Morgan fingerprint density at radius 3 is 2.61 bits per heavy atom. The van der Waals surface area contributed by atoms with Crippen molar-refractivity contribution in [1.82, 2.24) is 10.2 Å². The average molecular weight is 343 g/mol. The molecule has 0 N–H and O–H groups in total. The van der Waals surface area contributed by atoms with E-state index in [1.54, 1.807) is 23.5 Å². The van der Waals surface area contributed by atoms with E-state index in [-0.39, 0.29) is 0 Å². The summed E-state index contributed by atoms with van der Waals surface area (Å²) in [5.74, 6) is 0.950. The van der Waals surface area contributed by atoms with Gasteiger partial charge in [-0.3, -0.25) is 0 Å². The quantitative estimate of drug-likeness (QED) is 0.822. The second-order valence-electron chi connectivity index (χ2n) is 5.41. The molecular formula is C16H17N5S2. The normalized spacial score (nSPS) is 17.2. The minimum absolute atomic E-state index is 0.913. The van der Waals surface area contributed by atoms with E-state index in [1.165, 1.54) is 12.8 Å². The average Bonchev–Trinajstić information content (AvgIpc) is 3.15. The maximum absolute atomic E-state index is 4.77. The van der Waals surface area contributed by atoms with Gasteiger partial charge in [-0.1, -0.05) is 18.2 Å². The molecule has 2 aliphatic heterocycles. The van der Waals surface area contributed by atoms with Gasteiger partial charge in [-0.25, -0.2) is 5.01 Å². The number of hydrazone groups is 1. The third kappa shape index (κ3) is 2.90. The molecular weight excluding hydrogens is 326 g/mol. The SMILES string of the molecule is CSC1=NN(c2ccccc2)c2cc(N3CCCC3)nnc2S1. The van der Waals surface area contributed by atoms with Crippen LogP contribution in [0.15, 0.2) is 46.5 Å². The molecule has 2 aliphatic rings. The Labute approximate surface area is 144 Å². The largest absolute Gasteiger partial charge is 0.355 e. The maximum atomic E-state index is 4.77. The van der Waals surface area contributed by atoms with Gasteiger partial charge in [-0.15, -0.1) is 22.0 Å². The molecule has 0 unspecified atom stereocenters. The first-order chi connectivity index (χ1) is 11.3. The fourth-order valence-corrected chi connectivity index (χ4v) is 4.13. The summed E-state index contributed by atoms with van der Waals surface area (Å²) in [5, 5.41) is 16.6. The smallest absolute Gasteiger partial charge is 0.157 e. The number of fused-ring (bicyclic) bond motifs is 1. The lowest BCUT2D eigenvalue weighted by Gasteiger charge is -2.27. The van der Waals surface area contributed by atoms with Gasteiger partial charge in [-0.2, -0.15) is 5.10 Å². The van der Waals surface area contributed by atoms with Crippen LogP contribution in [0.2, 0.25) is 0 Å². The van der Waals surface area contributed by atoms with E-state index in [0.29, 0.717) is 0 Å². The van der Waals surface area contributed by atoms with Gasteiger partial charge >= 0.3 is 0 Å². The van der Waals surface area contributed by atoms with Crippen LogP contribution in [0.3, 0.4) is 0 Å². The summed E-state index contributed by atoms with van der Waals surface area (Å²) >= 11 is 3.22. The molecule has 5 nitrogen and oxygen atoms in total. The van der Waals surface area contributed by atoms with Crippen LogP contribution in [0.1, 0.15) is 12.8 Å². The number of hydrogen-bond donors (Lipinski definition) is 0. The molecule has 1 aromatic heterocycles. The highest BCUT2D eigenvalue weighted by Crippen LogP contribution is 2.41. The standard InChI is InChI=1S/C16H17N5S2/c1-22-16-19-21(12-7-3-2-4-8-12)13-11-14(17-18-15(13)23-16)20-9-5-6-10-20/h2-4,7-8,11H,5-6,9-10H2,1H3. The van der Waals surface area contributed by atoms with E-state index >= 15 is 0 Å². The zero-order valence-electron chi connectivity index (χ0n) is 12.8. The molecule has 1 saturated heterocycles. The molecule has 23 heavy (non-hydrogen) atoms. The molecule has 0 saturated carbocycles. The predicted octanol–water partition coefficient (Wildman–Crippen LogP) is 3.95. The molecule has 1 aromatic carbocycles. The Hall–Kier alpha value is -1.73. The number of rotatable bonds is 2. The lowest BCUT2D eigenvalue weighted by molar-refractivity contribution is 0.846. The number of aromatic nitrogens is 2. The van der Waals surface area contributed by atoms with E-state index in [2.05, 4.69) is 33.3 Å². The molecule has 2 aromatic rings. The van der Waals surface area contributed by atoms with Gasteiger partial charge < -0.3 is 4.90 Å². The molecule has 4 rings (SSSR count). The van der Waals surface area contributed by atoms with Crippen molar-refractivity contribution in [3.63, 3.8) is 0 Å². The van der Waals surface area contributed by atoms with Crippen molar-refractivity contribution in [3.8, 4) is 0 Å². The minimum Gasteiger partial charge on any atom is -0.355 e. The highest BCUT2D eigenvalue weighted by atomic mass is 32.2. The summed E-state index contributed by atoms with van der Waals surface area (Å²) < 4.78 is 0.976. The zero-order valence-corrected chi connectivity index (χ0v) is 14.5. The van der Waals surface area contributed by atoms with Crippen molar-refractivity contribution < 1.29 is 0 Å². The molecule has 7 heteroatoms. The minimum atomic E-state index is 0.913. The van der Waals surface area contributed by atoms with Crippen LogP contribution in [-0.4, -0.2) is 33.9 Å². The van der Waals surface area contributed by atoms with Crippen LogP contribution < -0.4 is 9.91 Å². The highest BCUT2D eigenvalue weighted by Gasteiger charge is 2.25. The summed E-state index contributed by atoms with van der Waals surface area (Å²) in [6.45, 7) is 2.12. The Morgan fingerprint density at radius 1 is 1.09 bits per heavy atom. The number of anilines is 3. The lowest BCUT2D eigenvalue weighted by Crippen LogP contribution is -2.22. The molecule has 0 spiro atoms. The van der Waals surface area contributed by atoms with Crippen LogP contribution in [0, 0.1) is 0 Å². The van der Waals surface area contributed by atoms with Crippen molar-refractivity contribution in [3.05, 3.63) is 36.4 Å². The summed E-state index contributed by atoms with van der Waals surface area (Å²) in [6, 6.07) is 12.3. The number of thioether (sulfide) groups is 2. The van der Waals surface area contributed by atoms with Gasteiger partial charge in [0.2, 0.25) is 0 Å². The number of para-hydroxylation sites is 1. The molecule has 0 aliphatic carbocycles. The van der Waals surface area contributed by atoms with Crippen molar-refractivity contribution in [2.24, 2.45) is 5.10 Å². The molecule has 118 valence electrons. The second kappa shape index (κ2) is 6.41. The van der Waals surface area contributed by atoms with Crippen LogP contribution in [0.4, 0.5) is 17.2 Å². The molecule has 0 bridgehead atoms. The van der Waals surface area contributed by atoms with Crippen LogP contribution in [-0.2, 0) is 0 Å². The fraction of sp³-hybridized carbons (Fsp3) is 0.312. The van der Waals surface area contributed by atoms with Crippen molar-refractivity contribution in [2.45, 2.75) is 17.9 Å². The first kappa shape index (κ1) is 14.8. The van der Waals surface area contributed by atoms with Gasteiger partial charge in [0.05, 0.1) is 5.69 Å². The van der Waals surface area contributed by atoms with E-state index in [1.807, 2.05) is 29.5 Å². The number of hydrogen-bond acceptors (Lipinski definition) is 7. The lowest BCUT2D eigenvalue weighted by atomic mass is 10.3. The van der Waals surface area contributed by atoms with E-state index < -0.39 is 0 Å². The van der Waals surface area contributed by atoms with E-state index in [4.69, 9.17) is 5.10 Å². The van der Waals surface area contributed by atoms with Crippen LogP contribution >= 0.6 is 23.5 Å². The van der Waals surface area contributed by atoms with Gasteiger partial charge in [-0.05, 0) is 43.0 Å². The van der Waals surface area contributed by atoms with Crippen molar-refractivity contribution in [2.75, 3.05) is 29.3 Å². The third-order valence-electron chi connectivity index (χ3n) is 3.93. The fourth-order valence-electron chi connectivity index (χ4n) is 2.77. The predicted molar refractivity (Wildman–Crippen MR) is 98.9 cm³/mol. The third-order valence-corrected chi connectivity index (χ3v) is 5.85. The van der Waals surface area contributed by atoms with Gasteiger partial charge in [0.25, 0.3) is 0 Å². The Balaban J connectivity index is 1.77. The summed E-state index contributed by atoms with van der Waals surface area (Å²) in [7, 11) is 0. The molecule has 0 atom stereocenters. The molecule has 0 radical (unpaired) electrons. The Kier molecular flexibility index (Phi) is 4.13. The monoisotopic (exact) mass is 343 g/mol. The first-order valence-corrected chi connectivity index (χ1v) is 9.67. The van der Waals surface area contributed by atoms with Crippen molar-refractivity contribution in [1.29, 1.82) is 0 Å². The van der Waals surface area contributed by atoms with Gasteiger partial charge in [0.1, 0.15) is 5.69 Å². The van der Waals surface area contributed by atoms with E-state index in [0.717, 1.165) is 39.7 Å². The maximum Gasteiger partial charge on any atom is 0.157 e. The Morgan fingerprint density at radius 2 is 1.87 bits per heavy atom. The number of nitrogens with zero attached hydrogens (tertiary/aromatic N) is 5. The topological polar surface area (TPSA) is 44.6 Å². The first-order valence-electron chi connectivity index (χ1n) is 7.63. The van der Waals surface area contributed by atoms with Crippen molar-refractivity contribution >= 4 is 45.1 Å². The van der Waals surface area contributed by atoms with Gasteiger partial charge in [0, 0.05) is 19.2 Å². The summed E-state index contributed by atoms with van der Waals surface area (Å²) in [5.41, 5.74) is 2.05. The van der Waals surface area contributed by atoms with Gasteiger partial charge in [0.15, 0.2) is 15.2 Å². The molecule has 1 fully saturated rings. The highest BCUT2D eigenvalue weighted by molar-refractivity contribution is 8.38. The molecule has 0 amide bonds. The zero-order chi connectivity index (χ0) is 15.6. The molecule has 3 heterocycles. The van der Waals surface area contributed by atoms with Crippen LogP contribution in [0.5, 0.6) is 0 Å². The summed E-state index contributed by atoms with van der Waals surface area (Å²) in [4.78, 5) is 2.30.